The number of ether oxygens (including phenoxy) is 1. The molecule has 0 aromatic carbocycles. The zero-order chi connectivity index (χ0) is 18.8. The van der Waals surface area contributed by atoms with E-state index >= 15 is 0 Å². The second-order valence-electron chi connectivity index (χ2n) is 5.35. The Hall–Kier alpha value is -2.65. The second kappa shape index (κ2) is 7.30. The van der Waals surface area contributed by atoms with E-state index in [0.29, 0.717) is 27.7 Å². The lowest BCUT2D eigenvalue weighted by Crippen LogP contribution is -2.17. The van der Waals surface area contributed by atoms with Crippen molar-refractivity contribution in [2.24, 2.45) is 0 Å². The van der Waals surface area contributed by atoms with Gasteiger partial charge in [-0.3, -0.25) is 9.59 Å². The van der Waals surface area contributed by atoms with Crippen LogP contribution in [0.3, 0.4) is 0 Å². The Morgan fingerprint density at radius 3 is 2.85 bits per heavy atom. The van der Waals surface area contributed by atoms with Crippen LogP contribution in [0, 0.1) is 0 Å². The summed E-state index contributed by atoms with van der Waals surface area (Å²) in [6.45, 7) is 3.66. The highest BCUT2D eigenvalue weighted by Gasteiger charge is 2.21. The molecule has 2 heterocycles. The quantitative estimate of drug-likeness (QED) is 0.620. The summed E-state index contributed by atoms with van der Waals surface area (Å²) in [5.41, 5.74) is 7.16. The van der Waals surface area contributed by atoms with Crippen LogP contribution in [0.5, 0.6) is 0 Å². The first-order chi connectivity index (χ1) is 12.5. The van der Waals surface area contributed by atoms with Gasteiger partial charge < -0.3 is 10.5 Å². The molecule has 0 unspecified atom stereocenters. The minimum absolute atomic E-state index is 0.199. The molecule has 1 aliphatic rings. The van der Waals surface area contributed by atoms with E-state index in [0.717, 1.165) is 11.5 Å². The van der Waals surface area contributed by atoms with Gasteiger partial charge in [0.1, 0.15) is 5.82 Å². The molecule has 3 rings (SSSR count). The van der Waals surface area contributed by atoms with E-state index in [2.05, 4.69) is 15.9 Å². The maximum atomic E-state index is 12.4. The molecular formula is C17H16N4O3S2. The normalized spacial score (nSPS) is 15.9. The van der Waals surface area contributed by atoms with Gasteiger partial charge in [-0.05, 0) is 36.5 Å². The molecule has 0 saturated heterocycles. The first-order valence-electron chi connectivity index (χ1n) is 7.55. The van der Waals surface area contributed by atoms with Gasteiger partial charge in [0.15, 0.2) is 10.9 Å². The lowest BCUT2D eigenvalue weighted by Gasteiger charge is -2.14. The van der Waals surface area contributed by atoms with Crippen LogP contribution in [-0.2, 0) is 9.53 Å². The number of allylic oxidation sites excluding steroid dienone is 5. The Balaban J connectivity index is 2.20. The number of ketones is 1. The molecule has 0 saturated carbocycles. The third-order valence-electron chi connectivity index (χ3n) is 3.76. The number of fused-ring (bicyclic) bond motifs is 1. The Morgan fingerprint density at radius 1 is 1.42 bits per heavy atom. The van der Waals surface area contributed by atoms with Crippen LogP contribution in [0.1, 0.15) is 12.0 Å². The molecule has 2 aromatic rings. The summed E-state index contributed by atoms with van der Waals surface area (Å²) in [6, 6.07) is 0. The van der Waals surface area contributed by atoms with Gasteiger partial charge >= 0.3 is 0 Å². The Kier molecular flexibility index (Phi) is 5.10. The molecule has 1 aliphatic carbocycles. The fraction of sp³-hybridized carbons (Fsp3) is 0.176. The molecule has 26 heavy (non-hydrogen) atoms. The number of methoxy groups -OCH3 is 1. The van der Waals surface area contributed by atoms with Gasteiger partial charge in [0.25, 0.3) is 5.56 Å². The minimum atomic E-state index is -0.450. The third kappa shape index (κ3) is 3.11. The zero-order valence-electron chi connectivity index (χ0n) is 14.2. The van der Waals surface area contributed by atoms with Crippen LogP contribution in [0.4, 0.5) is 5.82 Å². The summed E-state index contributed by atoms with van der Waals surface area (Å²) in [6.07, 6.45) is 8.78. The van der Waals surface area contributed by atoms with Crippen LogP contribution in [-0.4, -0.2) is 32.9 Å². The number of hydrogen-bond donors (Lipinski definition) is 1. The largest absolute Gasteiger partial charge is 0.493 e. The van der Waals surface area contributed by atoms with Gasteiger partial charge in [0.05, 0.1) is 12.7 Å². The van der Waals surface area contributed by atoms with Gasteiger partial charge in [-0.1, -0.05) is 17.8 Å². The van der Waals surface area contributed by atoms with Crippen LogP contribution in [0.25, 0.3) is 11.0 Å². The fourth-order valence-electron chi connectivity index (χ4n) is 2.55. The molecule has 134 valence electrons. The summed E-state index contributed by atoms with van der Waals surface area (Å²) in [5, 5.41) is 0.657. The minimum Gasteiger partial charge on any atom is -0.493 e. The van der Waals surface area contributed by atoms with E-state index in [1.807, 2.05) is 6.26 Å². The first kappa shape index (κ1) is 18.2. The van der Waals surface area contributed by atoms with Gasteiger partial charge in [-0.15, -0.1) is 6.58 Å². The summed E-state index contributed by atoms with van der Waals surface area (Å²) in [4.78, 5) is 29.2. The standard InChI is InChI=1S/C17H16N4O3S2/c1-4-5-10-6-9(8-12(24-2)13(10)22)7-11-14(18)21-16(19-15(11)23)26-20-17(21)25-3/h4,6-8H,1,5,18H2,2-3H3/b9-7+. The summed E-state index contributed by atoms with van der Waals surface area (Å²) < 4.78 is 11.0. The van der Waals surface area contributed by atoms with Crippen molar-refractivity contribution in [2.75, 3.05) is 19.1 Å². The monoisotopic (exact) mass is 388 g/mol. The number of rotatable bonds is 5. The molecule has 0 amide bonds. The molecule has 0 spiro atoms. The van der Waals surface area contributed by atoms with Crippen molar-refractivity contribution >= 4 is 45.9 Å². The number of nitrogens with two attached hydrogens (primary N) is 1. The Bertz CT molecular complexity index is 1060. The average molecular weight is 388 g/mol. The van der Waals surface area contributed by atoms with E-state index in [4.69, 9.17) is 10.5 Å². The van der Waals surface area contributed by atoms with Crippen LogP contribution in [0.15, 0.2) is 51.7 Å². The van der Waals surface area contributed by atoms with Crippen molar-refractivity contribution in [1.29, 1.82) is 0 Å². The van der Waals surface area contributed by atoms with Gasteiger partial charge in [0, 0.05) is 17.1 Å². The number of nitrogens with zero attached hydrogens (tertiary/aromatic N) is 3. The number of hydrogen-bond acceptors (Lipinski definition) is 8. The third-order valence-corrected chi connectivity index (χ3v) is 5.22. The van der Waals surface area contributed by atoms with Crippen molar-refractivity contribution in [2.45, 2.75) is 11.6 Å². The maximum absolute atomic E-state index is 12.4. The number of nitrogen functional groups attached to an aromatic ring is 1. The highest BCUT2D eigenvalue weighted by atomic mass is 32.2. The molecule has 0 aliphatic heterocycles. The Morgan fingerprint density at radius 2 is 2.19 bits per heavy atom. The number of carbonyl (C=O) groups excluding carboxylic acids is 1. The van der Waals surface area contributed by atoms with Crippen molar-refractivity contribution in [3.05, 3.63) is 57.6 Å². The fourth-order valence-corrected chi connectivity index (χ4v) is 4.02. The highest BCUT2D eigenvalue weighted by Crippen LogP contribution is 2.26. The van der Waals surface area contributed by atoms with E-state index in [1.54, 1.807) is 28.7 Å². The predicted molar refractivity (Wildman–Crippen MR) is 104 cm³/mol. The molecular weight excluding hydrogens is 372 g/mol. The first-order valence-corrected chi connectivity index (χ1v) is 9.55. The topological polar surface area (TPSA) is 99.6 Å². The van der Waals surface area contributed by atoms with Crippen molar-refractivity contribution in [1.82, 2.24) is 13.8 Å². The average Bonchev–Trinajstić information content (AvgIpc) is 3.04. The van der Waals surface area contributed by atoms with E-state index in [-0.39, 0.29) is 22.9 Å². The molecule has 0 radical (unpaired) electrons. The SMILES string of the molecule is C=CCC1=C/C(=C\c2c(N)n3c(SC)nsc3nc2=O)C=C(OC)C1=O. The van der Waals surface area contributed by atoms with Gasteiger partial charge in [0.2, 0.25) is 10.7 Å². The van der Waals surface area contributed by atoms with E-state index in [1.165, 1.54) is 18.9 Å². The van der Waals surface area contributed by atoms with Crippen molar-refractivity contribution in [3.8, 4) is 0 Å². The van der Waals surface area contributed by atoms with E-state index < -0.39 is 5.56 Å². The molecule has 0 bridgehead atoms. The van der Waals surface area contributed by atoms with Gasteiger partial charge in [-0.25, -0.2) is 4.40 Å². The van der Waals surface area contributed by atoms with Gasteiger partial charge in [-0.2, -0.15) is 9.36 Å². The molecule has 2 N–H and O–H groups in total. The number of Topliss-reactive ketones (excluding diaryl/α,β-unsaturated/α-hetero) is 1. The molecule has 0 fully saturated rings. The Labute approximate surface area is 157 Å². The van der Waals surface area contributed by atoms with Crippen molar-refractivity contribution < 1.29 is 9.53 Å². The molecule has 2 aromatic heterocycles. The lowest BCUT2D eigenvalue weighted by atomic mass is 9.95. The van der Waals surface area contributed by atoms with E-state index in [9.17, 15) is 9.59 Å². The summed E-state index contributed by atoms with van der Waals surface area (Å²) >= 11 is 2.52. The molecule has 0 atom stereocenters. The maximum Gasteiger partial charge on any atom is 0.283 e. The number of carbonyl (C=O) groups is 1. The number of aromatic nitrogens is 3. The second-order valence-corrected chi connectivity index (χ2v) is 6.86. The zero-order valence-corrected chi connectivity index (χ0v) is 15.8. The number of anilines is 1. The summed E-state index contributed by atoms with van der Waals surface area (Å²) in [7, 11) is 1.43. The smallest absolute Gasteiger partial charge is 0.283 e. The van der Waals surface area contributed by atoms with Crippen LogP contribution >= 0.6 is 23.3 Å². The molecule has 9 heteroatoms. The number of thioether (sulfide) groups is 1. The van der Waals surface area contributed by atoms with Crippen LogP contribution < -0.4 is 11.3 Å². The molecule has 7 nitrogen and oxygen atoms in total. The van der Waals surface area contributed by atoms with Crippen molar-refractivity contribution in [3.63, 3.8) is 0 Å². The summed E-state index contributed by atoms with van der Waals surface area (Å²) in [5.74, 6) is 0.258. The lowest BCUT2D eigenvalue weighted by molar-refractivity contribution is -0.115. The van der Waals surface area contributed by atoms with Crippen LogP contribution in [0.2, 0.25) is 0 Å². The predicted octanol–water partition coefficient (Wildman–Crippen LogP) is 2.45. The highest BCUT2D eigenvalue weighted by molar-refractivity contribution is 7.98.